The second-order valence-electron chi connectivity index (χ2n) is 4.74. The molecule has 3 aromatic rings. The van der Waals surface area contributed by atoms with E-state index in [1.165, 1.54) is 0 Å². The monoisotopic (exact) mass is 363 g/mol. The maximum atomic E-state index is 12.9. The summed E-state index contributed by atoms with van der Waals surface area (Å²) in [6.45, 7) is 2.56. The summed E-state index contributed by atoms with van der Waals surface area (Å²) in [5, 5.41) is 1.28. The van der Waals surface area contributed by atoms with Gasteiger partial charge in [-0.1, -0.05) is 34.1 Å². The van der Waals surface area contributed by atoms with Crippen LogP contribution in [0.1, 0.15) is 6.92 Å². The van der Waals surface area contributed by atoms with Gasteiger partial charge in [0.2, 0.25) is 9.84 Å². The molecule has 0 spiro atoms. The molecule has 21 heavy (non-hydrogen) atoms. The van der Waals surface area contributed by atoms with E-state index in [2.05, 4.69) is 15.9 Å². The minimum atomic E-state index is -3.52. The molecule has 1 heterocycles. The van der Waals surface area contributed by atoms with Crippen LogP contribution in [0.5, 0.6) is 0 Å². The predicted molar refractivity (Wildman–Crippen MR) is 87.2 cm³/mol. The Balaban J connectivity index is 2.26. The van der Waals surface area contributed by atoms with Gasteiger partial charge in [-0.25, -0.2) is 8.42 Å². The molecule has 0 bridgehead atoms. The van der Waals surface area contributed by atoms with E-state index in [0.717, 1.165) is 15.4 Å². The van der Waals surface area contributed by atoms with E-state index in [4.69, 9.17) is 0 Å². The van der Waals surface area contributed by atoms with Gasteiger partial charge < -0.3 is 4.57 Å². The fourth-order valence-corrected chi connectivity index (χ4v) is 4.27. The normalized spacial score (nSPS) is 11.9. The number of aryl methyl sites for hydroxylation is 1. The third-order valence-electron chi connectivity index (χ3n) is 3.49. The number of nitrogens with zero attached hydrogens (tertiary/aromatic N) is 1. The van der Waals surface area contributed by atoms with Gasteiger partial charge in [0, 0.05) is 21.9 Å². The standard InChI is InChI=1S/C16H14BrNO2S/c1-2-18-15-6-4-3-5-12(15)11-16(18)21(19,20)14-9-7-13(17)8-10-14/h3-11H,2H2,1H3. The molecule has 0 unspecified atom stereocenters. The Morgan fingerprint density at radius 2 is 1.71 bits per heavy atom. The summed E-state index contributed by atoms with van der Waals surface area (Å²) in [6, 6.07) is 16.2. The first-order valence-corrected chi connectivity index (χ1v) is 8.90. The zero-order valence-corrected chi connectivity index (χ0v) is 13.9. The molecule has 0 aliphatic heterocycles. The molecule has 0 aliphatic carbocycles. The number of hydrogen-bond donors (Lipinski definition) is 0. The average molecular weight is 364 g/mol. The minimum absolute atomic E-state index is 0.309. The van der Waals surface area contributed by atoms with Crippen LogP contribution >= 0.6 is 15.9 Å². The Kier molecular flexibility index (Phi) is 3.63. The van der Waals surface area contributed by atoms with Crippen LogP contribution in [-0.4, -0.2) is 13.0 Å². The summed E-state index contributed by atoms with van der Waals surface area (Å²) in [4.78, 5) is 0.309. The molecule has 0 atom stereocenters. The van der Waals surface area contributed by atoms with Gasteiger partial charge in [-0.3, -0.25) is 0 Å². The van der Waals surface area contributed by atoms with Gasteiger partial charge >= 0.3 is 0 Å². The number of halogens is 1. The highest BCUT2D eigenvalue weighted by atomic mass is 79.9. The van der Waals surface area contributed by atoms with Crippen LogP contribution < -0.4 is 0 Å². The van der Waals surface area contributed by atoms with Crippen molar-refractivity contribution in [1.29, 1.82) is 0 Å². The lowest BCUT2D eigenvalue weighted by molar-refractivity contribution is 0.581. The summed E-state index contributed by atoms with van der Waals surface area (Å²) in [6.07, 6.45) is 0. The maximum absolute atomic E-state index is 12.9. The van der Waals surface area contributed by atoms with Crippen LogP contribution in [0.2, 0.25) is 0 Å². The molecule has 5 heteroatoms. The van der Waals surface area contributed by atoms with Crippen LogP contribution in [0.4, 0.5) is 0 Å². The predicted octanol–water partition coefficient (Wildman–Crippen LogP) is 4.26. The molecule has 2 aromatic carbocycles. The number of benzene rings is 2. The molecule has 3 nitrogen and oxygen atoms in total. The first-order chi connectivity index (χ1) is 10.0. The number of hydrogen-bond acceptors (Lipinski definition) is 2. The second kappa shape index (κ2) is 5.31. The highest BCUT2D eigenvalue weighted by Crippen LogP contribution is 2.28. The highest BCUT2D eigenvalue weighted by molar-refractivity contribution is 9.10. The van der Waals surface area contributed by atoms with Gasteiger partial charge in [-0.05, 0) is 43.3 Å². The summed E-state index contributed by atoms with van der Waals surface area (Å²) >= 11 is 3.32. The summed E-state index contributed by atoms with van der Waals surface area (Å²) in [7, 11) is -3.52. The smallest absolute Gasteiger partial charge is 0.222 e. The maximum Gasteiger partial charge on any atom is 0.222 e. The van der Waals surface area contributed by atoms with E-state index in [0.29, 0.717) is 16.5 Å². The van der Waals surface area contributed by atoms with Gasteiger partial charge in [0.15, 0.2) is 0 Å². The van der Waals surface area contributed by atoms with E-state index in [1.807, 2.05) is 35.8 Å². The van der Waals surface area contributed by atoms with Crippen molar-refractivity contribution in [3.8, 4) is 0 Å². The zero-order chi connectivity index (χ0) is 15.0. The topological polar surface area (TPSA) is 39.1 Å². The van der Waals surface area contributed by atoms with Gasteiger partial charge in [0.1, 0.15) is 5.03 Å². The molecule has 0 fully saturated rings. The summed E-state index contributed by atoms with van der Waals surface area (Å²) in [5.74, 6) is 0. The van der Waals surface area contributed by atoms with Crippen molar-refractivity contribution in [1.82, 2.24) is 4.57 Å². The van der Waals surface area contributed by atoms with Gasteiger partial charge in [0.05, 0.1) is 4.90 Å². The lowest BCUT2D eigenvalue weighted by atomic mass is 10.2. The molecular weight excluding hydrogens is 350 g/mol. The Morgan fingerprint density at radius 1 is 1.05 bits per heavy atom. The van der Waals surface area contributed by atoms with Crippen molar-refractivity contribution in [3.05, 3.63) is 59.1 Å². The van der Waals surface area contributed by atoms with Crippen molar-refractivity contribution in [3.63, 3.8) is 0 Å². The summed E-state index contributed by atoms with van der Waals surface area (Å²) in [5.41, 5.74) is 0.940. The average Bonchev–Trinajstić information content (AvgIpc) is 2.87. The van der Waals surface area contributed by atoms with E-state index >= 15 is 0 Å². The van der Waals surface area contributed by atoms with Gasteiger partial charge in [-0.2, -0.15) is 0 Å². The van der Waals surface area contributed by atoms with Crippen molar-refractivity contribution in [2.24, 2.45) is 0 Å². The second-order valence-corrected chi connectivity index (χ2v) is 7.56. The quantitative estimate of drug-likeness (QED) is 0.697. The van der Waals surface area contributed by atoms with Crippen LogP contribution in [0.15, 0.2) is 69.0 Å². The van der Waals surface area contributed by atoms with Crippen molar-refractivity contribution < 1.29 is 8.42 Å². The molecule has 0 radical (unpaired) electrons. The Hall–Kier alpha value is -1.59. The molecule has 108 valence electrons. The zero-order valence-electron chi connectivity index (χ0n) is 11.5. The Labute approximate surface area is 132 Å². The van der Waals surface area contributed by atoms with Crippen molar-refractivity contribution >= 4 is 36.7 Å². The summed E-state index contributed by atoms with van der Waals surface area (Å²) < 4.78 is 28.4. The number of para-hydroxylation sites is 1. The molecular formula is C16H14BrNO2S. The number of fused-ring (bicyclic) bond motifs is 1. The molecule has 0 saturated heterocycles. The first kappa shape index (κ1) is 14.4. The molecule has 1 aromatic heterocycles. The Bertz CT molecular complexity index is 896. The molecule has 3 rings (SSSR count). The highest BCUT2D eigenvalue weighted by Gasteiger charge is 2.23. The minimum Gasteiger partial charge on any atom is -0.332 e. The van der Waals surface area contributed by atoms with Gasteiger partial charge in [0.25, 0.3) is 0 Å². The van der Waals surface area contributed by atoms with Crippen molar-refractivity contribution in [2.45, 2.75) is 23.4 Å². The van der Waals surface area contributed by atoms with E-state index < -0.39 is 9.84 Å². The molecule has 0 saturated carbocycles. The van der Waals surface area contributed by atoms with Gasteiger partial charge in [-0.15, -0.1) is 0 Å². The Morgan fingerprint density at radius 3 is 2.38 bits per heavy atom. The molecule has 0 amide bonds. The van der Waals surface area contributed by atoms with E-state index in [1.54, 1.807) is 30.3 Å². The fourth-order valence-electron chi connectivity index (χ4n) is 2.47. The molecule has 0 aliphatic rings. The SMILES string of the molecule is CCn1c(S(=O)(=O)c2ccc(Br)cc2)cc2ccccc21. The van der Waals surface area contributed by atoms with Crippen molar-refractivity contribution in [2.75, 3.05) is 0 Å². The van der Waals surface area contributed by atoms with Crippen LogP contribution in [-0.2, 0) is 16.4 Å². The number of sulfone groups is 1. The third-order valence-corrected chi connectivity index (χ3v) is 5.80. The van der Waals surface area contributed by atoms with Crippen LogP contribution in [0.25, 0.3) is 10.9 Å². The largest absolute Gasteiger partial charge is 0.332 e. The fraction of sp³-hybridized carbons (Fsp3) is 0.125. The van der Waals surface area contributed by atoms with Crippen LogP contribution in [0.3, 0.4) is 0 Å². The third kappa shape index (κ3) is 2.40. The number of rotatable bonds is 3. The van der Waals surface area contributed by atoms with Crippen LogP contribution in [0, 0.1) is 0 Å². The first-order valence-electron chi connectivity index (χ1n) is 6.63. The number of aromatic nitrogens is 1. The van der Waals surface area contributed by atoms with E-state index in [9.17, 15) is 8.42 Å². The molecule has 0 N–H and O–H groups in total. The lowest BCUT2D eigenvalue weighted by Crippen LogP contribution is -2.09. The lowest BCUT2D eigenvalue weighted by Gasteiger charge is -2.09. The van der Waals surface area contributed by atoms with E-state index in [-0.39, 0.29) is 0 Å².